The zero-order chi connectivity index (χ0) is 24.1. The van der Waals surface area contributed by atoms with Gasteiger partial charge in [-0.05, 0) is 78.1 Å². The van der Waals surface area contributed by atoms with E-state index in [2.05, 4.69) is 36.5 Å². The largest absolute Gasteiger partial charge is 0.489 e. The molecule has 0 bridgehead atoms. The highest BCUT2D eigenvalue weighted by Gasteiger charge is 2.12. The summed E-state index contributed by atoms with van der Waals surface area (Å²) in [6.07, 6.45) is 1.58. The summed E-state index contributed by atoms with van der Waals surface area (Å²) >= 11 is 0. The standard InChI is InChI=1S/C30H26N2O2/c1-20-7-6-10-29(22(20)3)32-30(33)25(18-31)17-23-12-15-26(16-13-23)34-19-28-21(2)11-14-24-8-4-5-9-27(24)28/h4-17H,19H2,1-3H3,(H,32,33)/b25-17+. The molecule has 0 spiro atoms. The smallest absolute Gasteiger partial charge is 0.266 e. The molecule has 4 aromatic carbocycles. The molecule has 4 rings (SSSR count). The van der Waals surface area contributed by atoms with Gasteiger partial charge in [-0.25, -0.2) is 0 Å². The quantitative estimate of drug-likeness (QED) is 0.259. The van der Waals surface area contributed by atoms with Gasteiger partial charge in [0, 0.05) is 11.3 Å². The Balaban J connectivity index is 1.47. The van der Waals surface area contributed by atoms with Crippen molar-refractivity contribution in [2.24, 2.45) is 0 Å². The van der Waals surface area contributed by atoms with Crippen LogP contribution in [-0.4, -0.2) is 5.91 Å². The second kappa shape index (κ2) is 10.1. The molecule has 4 aromatic rings. The molecule has 0 atom stereocenters. The topological polar surface area (TPSA) is 62.1 Å². The zero-order valence-corrected chi connectivity index (χ0v) is 19.6. The van der Waals surface area contributed by atoms with Gasteiger partial charge in [0.1, 0.15) is 24.0 Å². The van der Waals surface area contributed by atoms with Crippen LogP contribution in [0.3, 0.4) is 0 Å². The van der Waals surface area contributed by atoms with Gasteiger partial charge in [-0.2, -0.15) is 5.26 Å². The summed E-state index contributed by atoms with van der Waals surface area (Å²) in [5.74, 6) is 0.297. The van der Waals surface area contributed by atoms with E-state index >= 15 is 0 Å². The first kappa shape index (κ1) is 22.8. The number of nitrogens with zero attached hydrogens (tertiary/aromatic N) is 1. The lowest BCUT2D eigenvalue weighted by molar-refractivity contribution is -0.112. The Morgan fingerprint density at radius 1 is 0.912 bits per heavy atom. The van der Waals surface area contributed by atoms with E-state index in [-0.39, 0.29) is 5.57 Å². The van der Waals surface area contributed by atoms with Crippen molar-refractivity contribution < 1.29 is 9.53 Å². The fourth-order valence-corrected chi connectivity index (χ4v) is 3.84. The second-order valence-corrected chi connectivity index (χ2v) is 8.31. The number of nitrogens with one attached hydrogen (secondary N) is 1. The van der Waals surface area contributed by atoms with Crippen LogP contribution in [0.5, 0.6) is 5.75 Å². The Morgan fingerprint density at radius 2 is 1.68 bits per heavy atom. The van der Waals surface area contributed by atoms with Crippen molar-refractivity contribution in [3.8, 4) is 11.8 Å². The van der Waals surface area contributed by atoms with Crippen molar-refractivity contribution in [1.29, 1.82) is 5.26 Å². The van der Waals surface area contributed by atoms with Gasteiger partial charge >= 0.3 is 0 Å². The number of nitriles is 1. The van der Waals surface area contributed by atoms with Crippen LogP contribution < -0.4 is 10.1 Å². The molecule has 4 nitrogen and oxygen atoms in total. The normalized spacial score (nSPS) is 11.2. The summed E-state index contributed by atoms with van der Waals surface area (Å²) < 4.78 is 6.05. The molecule has 0 saturated carbocycles. The average molecular weight is 447 g/mol. The summed E-state index contributed by atoms with van der Waals surface area (Å²) in [4.78, 5) is 12.7. The number of benzene rings is 4. The monoisotopic (exact) mass is 446 g/mol. The molecule has 0 heterocycles. The highest BCUT2D eigenvalue weighted by molar-refractivity contribution is 6.10. The van der Waals surface area contributed by atoms with Crippen molar-refractivity contribution in [3.05, 3.63) is 112 Å². The maximum absolute atomic E-state index is 12.7. The molecule has 1 amide bonds. The molecule has 0 fully saturated rings. The Kier molecular flexibility index (Phi) is 6.75. The number of carbonyl (C=O) groups is 1. The van der Waals surface area contributed by atoms with E-state index in [1.54, 1.807) is 6.08 Å². The third-order valence-corrected chi connectivity index (χ3v) is 6.07. The van der Waals surface area contributed by atoms with Crippen LogP contribution in [0, 0.1) is 32.1 Å². The lowest BCUT2D eigenvalue weighted by atomic mass is 10.0. The first-order valence-corrected chi connectivity index (χ1v) is 11.2. The molecule has 0 saturated heterocycles. The van der Waals surface area contributed by atoms with Crippen LogP contribution in [-0.2, 0) is 11.4 Å². The van der Waals surface area contributed by atoms with E-state index in [9.17, 15) is 10.1 Å². The molecular formula is C30H26N2O2. The van der Waals surface area contributed by atoms with Gasteiger partial charge < -0.3 is 10.1 Å². The third kappa shape index (κ3) is 5.00. The highest BCUT2D eigenvalue weighted by Crippen LogP contribution is 2.25. The molecule has 168 valence electrons. The maximum Gasteiger partial charge on any atom is 0.266 e. The van der Waals surface area contributed by atoms with Gasteiger partial charge in [0.15, 0.2) is 0 Å². The van der Waals surface area contributed by atoms with Crippen molar-refractivity contribution in [2.75, 3.05) is 5.32 Å². The van der Waals surface area contributed by atoms with E-state index in [1.165, 1.54) is 16.3 Å². The number of amides is 1. The SMILES string of the molecule is Cc1cccc(NC(=O)/C(C#N)=C/c2ccc(OCc3c(C)ccc4ccccc34)cc2)c1C. The number of aryl methyl sites for hydroxylation is 2. The number of hydrogen-bond donors (Lipinski definition) is 1. The summed E-state index contributed by atoms with van der Waals surface area (Å²) in [6.45, 7) is 6.48. The van der Waals surface area contributed by atoms with Crippen molar-refractivity contribution in [1.82, 2.24) is 0 Å². The highest BCUT2D eigenvalue weighted by atomic mass is 16.5. The number of fused-ring (bicyclic) bond motifs is 1. The molecule has 34 heavy (non-hydrogen) atoms. The Bertz CT molecular complexity index is 1430. The van der Waals surface area contributed by atoms with Gasteiger partial charge in [-0.3, -0.25) is 4.79 Å². The van der Waals surface area contributed by atoms with Gasteiger partial charge in [-0.1, -0.05) is 60.7 Å². The molecule has 0 unspecified atom stereocenters. The van der Waals surface area contributed by atoms with E-state index in [0.29, 0.717) is 12.3 Å². The van der Waals surface area contributed by atoms with Crippen LogP contribution in [0.15, 0.2) is 84.4 Å². The Morgan fingerprint density at radius 3 is 2.44 bits per heavy atom. The number of rotatable bonds is 6. The summed E-state index contributed by atoms with van der Waals surface area (Å²) in [6, 6.07) is 27.6. The van der Waals surface area contributed by atoms with E-state index in [4.69, 9.17) is 4.74 Å². The molecule has 1 N–H and O–H groups in total. The predicted molar refractivity (Wildman–Crippen MR) is 138 cm³/mol. The van der Waals surface area contributed by atoms with Crippen LogP contribution in [0.4, 0.5) is 5.69 Å². The van der Waals surface area contributed by atoms with Gasteiger partial charge in [0.05, 0.1) is 0 Å². The molecule has 4 heteroatoms. The maximum atomic E-state index is 12.7. The number of anilines is 1. The number of hydrogen-bond acceptors (Lipinski definition) is 3. The Hall–Kier alpha value is -4.36. The lowest BCUT2D eigenvalue weighted by Gasteiger charge is -2.12. The Labute approximate surface area is 200 Å². The summed E-state index contributed by atoms with van der Waals surface area (Å²) in [5, 5.41) is 14.8. The summed E-state index contributed by atoms with van der Waals surface area (Å²) in [7, 11) is 0. The number of carbonyl (C=O) groups excluding carboxylic acids is 1. The third-order valence-electron chi connectivity index (χ3n) is 6.07. The molecule has 0 aliphatic rings. The van der Waals surface area contributed by atoms with Crippen molar-refractivity contribution in [2.45, 2.75) is 27.4 Å². The first-order chi connectivity index (χ1) is 16.5. The number of ether oxygens (including phenoxy) is 1. The van der Waals surface area contributed by atoms with Crippen molar-refractivity contribution >= 4 is 28.4 Å². The minimum absolute atomic E-state index is 0.0426. The minimum atomic E-state index is -0.428. The molecule has 0 aliphatic heterocycles. The van der Waals surface area contributed by atoms with E-state index < -0.39 is 5.91 Å². The molecule has 0 radical (unpaired) electrons. The van der Waals surface area contributed by atoms with Crippen molar-refractivity contribution in [3.63, 3.8) is 0 Å². The van der Waals surface area contributed by atoms with Gasteiger partial charge in [0.25, 0.3) is 5.91 Å². The molecular weight excluding hydrogens is 420 g/mol. The predicted octanol–water partition coefficient (Wildman–Crippen LogP) is 6.89. The van der Waals surface area contributed by atoms with Gasteiger partial charge in [0.2, 0.25) is 0 Å². The van der Waals surface area contributed by atoms with Crippen LogP contribution in [0.1, 0.15) is 27.8 Å². The molecule has 0 aromatic heterocycles. The van der Waals surface area contributed by atoms with E-state index in [0.717, 1.165) is 28.0 Å². The van der Waals surface area contributed by atoms with Crippen LogP contribution in [0.25, 0.3) is 16.8 Å². The second-order valence-electron chi connectivity index (χ2n) is 8.31. The fourth-order valence-electron chi connectivity index (χ4n) is 3.84. The van der Waals surface area contributed by atoms with Gasteiger partial charge in [-0.15, -0.1) is 0 Å². The first-order valence-electron chi connectivity index (χ1n) is 11.2. The lowest BCUT2D eigenvalue weighted by Crippen LogP contribution is -2.14. The zero-order valence-electron chi connectivity index (χ0n) is 19.6. The minimum Gasteiger partial charge on any atom is -0.489 e. The molecule has 0 aliphatic carbocycles. The van der Waals surface area contributed by atoms with E-state index in [1.807, 2.05) is 74.5 Å². The van der Waals surface area contributed by atoms with Crippen LogP contribution >= 0.6 is 0 Å². The summed E-state index contributed by atoms with van der Waals surface area (Å²) in [5.41, 5.74) is 5.91. The van der Waals surface area contributed by atoms with Crippen LogP contribution in [0.2, 0.25) is 0 Å². The average Bonchev–Trinajstić information content (AvgIpc) is 2.85. The fraction of sp³-hybridized carbons (Fsp3) is 0.133.